The van der Waals surface area contributed by atoms with Gasteiger partial charge in [0.25, 0.3) is 0 Å². The summed E-state index contributed by atoms with van der Waals surface area (Å²) >= 11 is 6.02. The summed E-state index contributed by atoms with van der Waals surface area (Å²) in [6.07, 6.45) is 5.92. The molecule has 3 aliphatic rings. The molecule has 0 unspecified atom stereocenters. The summed E-state index contributed by atoms with van der Waals surface area (Å²) < 4.78 is 5.49. The SMILES string of the molecule is CC(C)(C)OC(=O)N1CCN(CCN2CC3(CC=C(c4ccc(Cl)cc4)CC3)C2)CC1. The van der Waals surface area contributed by atoms with Gasteiger partial charge in [-0.3, -0.25) is 4.90 Å². The maximum atomic E-state index is 12.2. The highest BCUT2D eigenvalue weighted by Gasteiger charge is 2.43. The van der Waals surface area contributed by atoms with Crippen molar-refractivity contribution < 1.29 is 9.53 Å². The molecular weight excluding hydrogens is 410 g/mol. The topological polar surface area (TPSA) is 36.0 Å². The number of rotatable bonds is 4. The van der Waals surface area contributed by atoms with Gasteiger partial charge in [-0.05, 0) is 68.7 Å². The van der Waals surface area contributed by atoms with Crippen molar-refractivity contribution in [3.63, 3.8) is 0 Å². The summed E-state index contributed by atoms with van der Waals surface area (Å²) in [7, 11) is 0. The van der Waals surface area contributed by atoms with Crippen LogP contribution in [0, 0.1) is 5.41 Å². The number of hydrogen-bond donors (Lipinski definition) is 0. The van der Waals surface area contributed by atoms with Gasteiger partial charge < -0.3 is 14.5 Å². The van der Waals surface area contributed by atoms with Gasteiger partial charge in [0.1, 0.15) is 5.60 Å². The number of allylic oxidation sites excluding steroid dienone is 2. The van der Waals surface area contributed by atoms with Crippen LogP contribution >= 0.6 is 11.6 Å². The lowest BCUT2D eigenvalue weighted by Gasteiger charge is -2.52. The van der Waals surface area contributed by atoms with Crippen molar-refractivity contribution in [1.82, 2.24) is 14.7 Å². The van der Waals surface area contributed by atoms with Crippen LogP contribution in [0.4, 0.5) is 4.79 Å². The van der Waals surface area contributed by atoms with Gasteiger partial charge in [-0.15, -0.1) is 0 Å². The van der Waals surface area contributed by atoms with E-state index >= 15 is 0 Å². The number of nitrogens with zero attached hydrogens (tertiary/aromatic N) is 3. The molecule has 0 saturated carbocycles. The van der Waals surface area contributed by atoms with Crippen molar-refractivity contribution in [1.29, 1.82) is 0 Å². The van der Waals surface area contributed by atoms with E-state index in [1.165, 1.54) is 43.5 Å². The Balaban J connectivity index is 1.16. The number of likely N-dealkylation sites (tertiary alicyclic amines) is 1. The van der Waals surface area contributed by atoms with Crippen LogP contribution in [0.3, 0.4) is 0 Å². The third kappa shape index (κ3) is 5.82. The second-order valence-electron chi connectivity index (χ2n) is 10.5. The summed E-state index contributed by atoms with van der Waals surface area (Å²) in [4.78, 5) is 19.1. The Kier molecular flexibility index (Phi) is 6.66. The van der Waals surface area contributed by atoms with Crippen LogP contribution in [0.5, 0.6) is 0 Å². The number of ether oxygens (including phenoxy) is 1. The quantitative estimate of drug-likeness (QED) is 0.669. The lowest BCUT2D eigenvalue weighted by atomic mass is 9.69. The van der Waals surface area contributed by atoms with Crippen molar-refractivity contribution in [2.75, 3.05) is 52.4 Å². The zero-order valence-electron chi connectivity index (χ0n) is 19.2. The molecule has 1 aromatic rings. The van der Waals surface area contributed by atoms with Gasteiger partial charge in [-0.2, -0.15) is 0 Å². The first-order chi connectivity index (χ1) is 14.7. The lowest BCUT2D eigenvalue weighted by molar-refractivity contribution is -0.0158. The maximum absolute atomic E-state index is 12.2. The number of halogens is 1. The van der Waals surface area contributed by atoms with Crippen molar-refractivity contribution in [3.8, 4) is 0 Å². The van der Waals surface area contributed by atoms with Gasteiger partial charge in [0.05, 0.1) is 0 Å². The fraction of sp³-hybridized carbons (Fsp3) is 0.640. The first-order valence-electron chi connectivity index (χ1n) is 11.6. The predicted molar refractivity (Wildman–Crippen MR) is 126 cm³/mol. The van der Waals surface area contributed by atoms with E-state index in [1.54, 1.807) is 0 Å². The molecule has 0 N–H and O–H groups in total. The molecule has 2 fully saturated rings. The van der Waals surface area contributed by atoms with E-state index in [0.717, 1.165) is 44.3 Å². The van der Waals surface area contributed by atoms with Crippen LogP contribution < -0.4 is 0 Å². The predicted octanol–water partition coefficient (Wildman–Crippen LogP) is 4.76. The Labute approximate surface area is 192 Å². The van der Waals surface area contributed by atoms with Gasteiger partial charge in [-0.1, -0.05) is 29.8 Å². The van der Waals surface area contributed by atoms with Crippen molar-refractivity contribution in [2.45, 2.75) is 45.6 Å². The summed E-state index contributed by atoms with van der Waals surface area (Å²) in [6.45, 7) is 13.8. The Hall–Kier alpha value is -1.56. The third-order valence-corrected chi connectivity index (χ3v) is 7.05. The standard InChI is InChI=1S/C25H36ClN3O2/c1-24(2,3)31-23(30)29-16-14-27(15-17-29)12-13-28-18-25(19-28)10-8-21(9-11-25)20-4-6-22(26)7-5-20/h4-8H,9-19H2,1-3H3. The number of piperazine rings is 1. The molecule has 4 rings (SSSR count). The van der Waals surface area contributed by atoms with Gasteiger partial charge >= 0.3 is 6.09 Å². The maximum Gasteiger partial charge on any atom is 0.410 e. The molecule has 2 aliphatic heterocycles. The number of amides is 1. The second-order valence-corrected chi connectivity index (χ2v) is 10.9. The zero-order valence-corrected chi connectivity index (χ0v) is 20.0. The van der Waals surface area contributed by atoms with E-state index in [4.69, 9.17) is 16.3 Å². The van der Waals surface area contributed by atoms with Crippen molar-refractivity contribution in [3.05, 3.63) is 40.9 Å². The largest absolute Gasteiger partial charge is 0.444 e. The molecule has 2 heterocycles. The molecule has 2 saturated heterocycles. The minimum Gasteiger partial charge on any atom is -0.444 e. The highest BCUT2D eigenvalue weighted by Crippen LogP contribution is 2.45. The lowest BCUT2D eigenvalue weighted by Crippen LogP contribution is -2.59. The minimum atomic E-state index is -0.425. The molecule has 1 aliphatic carbocycles. The Morgan fingerprint density at radius 2 is 1.68 bits per heavy atom. The molecule has 0 radical (unpaired) electrons. The van der Waals surface area contributed by atoms with Crippen LogP contribution in [-0.4, -0.2) is 78.8 Å². The van der Waals surface area contributed by atoms with E-state index in [0.29, 0.717) is 5.41 Å². The third-order valence-electron chi connectivity index (χ3n) is 6.80. The highest BCUT2D eigenvalue weighted by atomic mass is 35.5. The molecule has 1 amide bonds. The number of hydrogen-bond acceptors (Lipinski definition) is 4. The molecule has 0 atom stereocenters. The first-order valence-corrected chi connectivity index (χ1v) is 12.0. The van der Waals surface area contributed by atoms with Crippen molar-refractivity contribution >= 4 is 23.3 Å². The number of benzene rings is 1. The fourth-order valence-corrected chi connectivity index (χ4v) is 5.11. The molecular formula is C25H36ClN3O2. The van der Waals surface area contributed by atoms with Crippen LogP contribution in [0.15, 0.2) is 30.3 Å². The molecule has 5 nitrogen and oxygen atoms in total. The number of carbonyl (C=O) groups is 1. The van der Waals surface area contributed by atoms with E-state index in [1.807, 2.05) is 37.8 Å². The average Bonchev–Trinajstić information content (AvgIpc) is 2.71. The molecule has 1 aromatic carbocycles. The van der Waals surface area contributed by atoms with Gasteiger partial charge in [-0.25, -0.2) is 4.79 Å². The van der Waals surface area contributed by atoms with Crippen molar-refractivity contribution in [2.24, 2.45) is 5.41 Å². The van der Waals surface area contributed by atoms with Gasteiger partial charge in [0, 0.05) is 57.4 Å². The highest BCUT2D eigenvalue weighted by molar-refractivity contribution is 6.30. The summed E-state index contributed by atoms with van der Waals surface area (Å²) in [6, 6.07) is 8.25. The molecule has 170 valence electrons. The van der Waals surface area contributed by atoms with E-state index in [2.05, 4.69) is 28.0 Å². The second kappa shape index (κ2) is 9.13. The van der Waals surface area contributed by atoms with E-state index < -0.39 is 5.60 Å². The molecule has 1 spiro atoms. The Morgan fingerprint density at radius 1 is 1.03 bits per heavy atom. The van der Waals surface area contributed by atoms with Gasteiger partial charge in [0.15, 0.2) is 0 Å². The molecule has 31 heavy (non-hydrogen) atoms. The zero-order chi connectivity index (χ0) is 22.1. The first kappa shape index (κ1) is 22.6. The molecule has 6 heteroatoms. The monoisotopic (exact) mass is 445 g/mol. The summed E-state index contributed by atoms with van der Waals surface area (Å²) in [5.74, 6) is 0. The van der Waals surface area contributed by atoms with Crippen LogP contribution in [0.2, 0.25) is 5.02 Å². The van der Waals surface area contributed by atoms with Crippen LogP contribution in [0.25, 0.3) is 5.57 Å². The summed E-state index contributed by atoms with van der Waals surface area (Å²) in [5, 5.41) is 0.803. The summed E-state index contributed by atoms with van der Waals surface area (Å²) in [5.41, 5.74) is 2.86. The molecule has 0 bridgehead atoms. The van der Waals surface area contributed by atoms with E-state index in [-0.39, 0.29) is 6.09 Å². The smallest absolute Gasteiger partial charge is 0.410 e. The fourth-order valence-electron chi connectivity index (χ4n) is 4.98. The van der Waals surface area contributed by atoms with E-state index in [9.17, 15) is 4.79 Å². The van der Waals surface area contributed by atoms with Crippen LogP contribution in [0.1, 0.15) is 45.6 Å². The molecule has 0 aromatic heterocycles. The number of carbonyl (C=O) groups excluding carboxylic acids is 1. The Morgan fingerprint density at radius 3 is 2.26 bits per heavy atom. The minimum absolute atomic E-state index is 0.180. The van der Waals surface area contributed by atoms with Crippen LogP contribution in [-0.2, 0) is 4.74 Å². The van der Waals surface area contributed by atoms with Gasteiger partial charge in [0.2, 0.25) is 0 Å². The Bertz CT molecular complexity index is 801. The normalized spacial score (nSPS) is 22.2. The average molecular weight is 446 g/mol.